The molecule has 3 heteroatoms. The molecule has 0 aliphatic rings. The number of rotatable bonds is 0. The van der Waals surface area contributed by atoms with Gasteiger partial charge in [-0.05, 0) is 0 Å². The Bertz CT molecular complexity index is 205. The van der Waals surface area contributed by atoms with Crippen LogP contribution in [0.25, 0.3) is 0 Å². The average Bonchev–Trinajstić information content (AvgIpc) is 1.90. The van der Waals surface area contributed by atoms with Crippen LogP contribution in [-0.4, -0.2) is 0 Å². The molecule has 1 nitrogen and oxygen atoms in total. The minimum Gasteiger partial charge on any atom is -0.195 e. The van der Waals surface area contributed by atoms with Crippen LogP contribution in [0.15, 0.2) is 24.3 Å². The molecule has 0 fully saturated rings. The maximum atomic E-state index is 8.27. The van der Waals surface area contributed by atoms with Gasteiger partial charge >= 0.3 is 0 Å². The molecule has 1 aromatic rings. The van der Waals surface area contributed by atoms with E-state index in [1.54, 1.807) is 24.3 Å². The second-order valence-electron chi connectivity index (χ2n) is 1.40. The normalized spacial score (nSPS) is 6.30. The maximum Gasteiger partial charge on any atom is 0.0725 e. The number of hydrogen-bond donors (Lipinski definition) is 0. The van der Waals surface area contributed by atoms with Crippen LogP contribution in [0.1, 0.15) is 5.56 Å². The van der Waals surface area contributed by atoms with Crippen LogP contribution >= 0.6 is 17.0 Å². The van der Waals surface area contributed by atoms with Crippen molar-refractivity contribution in [3.8, 4) is 6.07 Å². The molecule has 1 rings (SSSR count). The van der Waals surface area contributed by atoms with E-state index in [9.17, 15) is 0 Å². The SMILES string of the molecule is Br.N#Cc1cc[c-]cc1.[Zn]. The molecule has 0 amide bonds. The first-order chi connectivity index (χ1) is 3.93. The van der Waals surface area contributed by atoms with Gasteiger partial charge in [0.25, 0.3) is 0 Å². The Labute approximate surface area is 83.6 Å². The van der Waals surface area contributed by atoms with Crippen molar-refractivity contribution < 1.29 is 19.5 Å². The summed E-state index contributed by atoms with van der Waals surface area (Å²) in [4.78, 5) is 0. The molecule has 1 aromatic carbocycles. The van der Waals surface area contributed by atoms with Gasteiger partial charge in [-0.15, -0.1) is 17.0 Å². The largest absolute Gasteiger partial charge is 0.195 e. The molecule has 10 heavy (non-hydrogen) atoms. The summed E-state index contributed by atoms with van der Waals surface area (Å²) in [6.07, 6.45) is 0. The van der Waals surface area contributed by atoms with Gasteiger partial charge in [0.2, 0.25) is 0 Å². The average molecular weight is 248 g/mol. The summed E-state index contributed by atoms with van der Waals surface area (Å²) < 4.78 is 0. The predicted octanol–water partition coefficient (Wildman–Crippen LogP) is 1.93. The van der Waals surface area contributed by atoms with Crippen LogP contribution in [0, 0.1) is 17.4 Å². The molecular weight excluding hydrogens is 243 g/mol. The molecule has 0 bridgehead atoms. The molecule has 0 aliphatic heterocycles. The summed E-state index contributed by atoms with van der Waals surface area (Å²) in [6.45, 7) is 0. The molecule has 0 N–H and O–H groups in total. The van der Waals surface area contributed by atoms with E-state index in [0.717, 1.165) is 0 Å². The zero-order chi connectivity index (χ0) is 5.82. The quantitative estimate of drug-likeness (QED) is 0.508. The Hall–Kier alpha value is -0.187. The van der Waals surface area contributed by atoms with Crippen LogP contribution in [0.5, 0.6) is 0 Å². The molecule has 0 aromatic heterocycles. The summed E-state index contributed by atoms with van der Waals surface area (Å²) in [6, 6.07) is 11.7. The van der Waals surface area contributed by atoms with Crippen molar-refractivity contribution in [3.63, 3.8) is 0 Å². The molecule has 0 spiro atoms. The Morgan fingerprint density at radius 1 is 1.30 bits per heavy atom. The van der Waals surface area contributed by atoms with Crippen LogP contribution in [0.2, 0.25) is 0 Å². The first kappa shape index (κ1) is 12.5. The number of nitrogens with zero attached hydrogens (tertiary/aromatic N) is 1. The third-order valence-electron chi connectivity index (χ3n) is 0.847. The van der Waals surface area contributed by atoms with Crippen molar-refractivity contribution in [2.24, 2.45) is 0 Å². The zero-order valence-electron chi connectivity index (χ0n) is 5.37. The van der Waals surface area contributed by atoms with E-state index in [1.165, 1.54) is 0 Å². The van der Waals surface area contributed by atoms with Gasteiger partial charge in [0.05, 0.1) is 6.07 Å². The summed E-state index contributed by atoms with van der Waals surface area (Å²) in [7, 11) is 0. The fraction of sp³-hybridized carbons (Fsp3) is 0. The monoisotopic (exact) mass is 246 g/mol. The molecule has 0 unspecified atom stereocenters. The molecule has 0 saturated carbocycles. The zero-order valence-corrected chi connectivity index (χ0v) is 10.1. The standard InChI is InChI=1S/C7H4N.BrH.Zn/c8-6-7-4-2-1-3-5-7;;/h2-5H;1H;/q-1;;. The number of halogens is 1. The van der Waals surface area contributed by atoms with E-state index in [0.29, 0.717) is 5.56 Å². The summed E-state index contributed by atoms with van der Waals surface area (Å²) >= 11 is 0. The fourth-order valence-corrected chi connectivity index (χ4v) is 0.461. The van der Waals surface area contributed by atoms with Crippen molar-refractivity contribution in [1.82, 2.24) is 0 Å². The van der Waals surface area contributed by atoms with Gasteiger partial charge in [-0.25, -0.2) is 0 Å². The van der Waals surface area contributed by atoms with Gasteiger partial charge in [-0.1, -0.05) is 5.56 Å². The Balaban J connectivity index is 0. The molecule has 0 aliphatic carbocycles. The minimum atomic E-state index is 0. The van der Waals surface area contributed by atoms with Crippen molar-refractivity contribution in [2.45, 2.75) is 0 Å². The van der Waals surface area contributed by atoms with Gasteiger partial charge < -0.3 is 0 Å². The minimum absolute atomic E-state index is 0. The summed E-state index contributed by atoms with van der Waals surface area (Å²) in [5.41, 5.74) is 0.684. The van der Waals surface area contributed by atoms with E-state index in [-0.39, 0.29) is 36.5 Å². The first-order valence-electron chi connectivity index (χ1n) is 2.29. The van der Waals surface area contributed by atoms with Crippen molar-refractivity contribution in [3.05, 3.63) is 35.9 Å². The topological polar surface area (TPSA) is 23.8 Å². The second kappa shape index (κ2) is 6.93. The van der Waals surface area contributed by atoms with E-state index < -0.39 is 0 Å². The molecular formula is C7H5BrNZn-. The number of nitriles is 1. The van der Waals surface area contributed by atoms with Crippen LogP contribution < -0.4 is 0 Å². The third kappa shape index (κ3) is 3.77. The van der Waals surface area contributed by atoms with Gasteiger partial charge in [0.15, 0.2) is 0 Å². The Morgan fingerprint density at radius 3 is 2.10 bits per heavy atom. The van der Waals surface area contributed by atoms with Crippen molar-refractivity contribution >= 4 is 17.0 Å². The molecule has 0 saturated heterocycles. The first-order valence-corrected chi connectivity index (χ1v) is 2.29. The van der Waals surface area contributed by atoms with E-state index in [1.807, 2.05) is 6.07 Å². The van der Waals surface area contributed by atoms with E-state index in [2.05, 4.69) is 6.07 Å². The molecule has 0 heterocycles. The molecule has 0 atom stereocenters. The molecule has 48 valence electrons. The Kier molecular flexibility index (Phi) is 8.65. The second-order valence-corrected chi connectivity index (χ2v) is 1.40. The van der Waals surface area contributed by atoms with Crippen molar-refractivity contribution in [1.29, 1.82) is 5.26 Å². The number of hydrogen-bond acceptors (Lipinski definition) is 1. The van der Waals surface area contributed by atoms with Gasteiger partial charge in [0.1, 0.15) is 0 Å². The summed E-state index contributed by atoms with van der Waals surface area (Å²) in [5.74, 6) is 0. The van der Waals surface area contributed by atoms with Gasteiger partial charge in [-0.3, -0.25) is 0 Å². The van der Waals surface area contributed by atoms with Gasteiger partial charge in [0, 0.05) is 19.5 Å². The number of benzene rings is 1. The van der Waals surface area contributed by atoms with E-state index >= 15 is 0 Å². The third-order valence-corrected chi connectivity index (χ3v) is 0.847. The fourth-order valence-electron chi connectivity index (χ4n) is 0.461. The maximum absolute atomic E-state index is 8.27. The summed E-state index contributed by atoms with van der Waals surface area (Å²) in [5, 5.41) is 8.27. The van der Waals surface area contributed by atoms with Crippen LogP contribution in [-0.2, 0) is 19.5 Å². The molecule has 0 radical (unpaired) electrons. The van der Waals surface area contributed by atoms with E-state index in [4.69, 9.17) is 5.26 Å². The predicted molar refractivity (Wildman–Crippen MR) is 40.3 cm³/mol. The van der Waals surface area contributed by atoms with Gasteiger partial charge in [-0.2, -0.15) is 35.6 Å². The van der Waals surface area contributed by atoms with Crippen LogP contribution in [0.4, 0.5) is 0 Å². The smallest absolute Gasteiger partial charge is 0.0725 e. The van der Waals surface area contributed by atoms with Crippen molar-refractivity contribution in [2.75, 3.05) is 0 Å². The van der Waals surface area contributed by atoms with Crippen LogP contribution in [0.3, 0.4) is 0 Å². The Morgan fingerprint density at radius 2 is 1.80 bits per heavy atom.